The predicted molar refractivity (Wildman–Crippen MR) is 90.0 cm³/mol. The van der Waals surface area contributed by atoms with E-state index in [9.17, 15) is 9.59 Å². The lowest BCUT2D eigenvalue weighted by Gasteiger charge is -2.22. The second kappa shape index (κ2) is 7.94. The van der Waals surface area contributed by atoms with Crippen LogP contribution >= 0.6 is 0 Å². The van der Waals surface area contributed by atoms with Crippen molar-refractivity contribution in [1.82, 2.24) is 10.2 Å². The van der Waals surface area contributed by atoms with E-state index in [0.29, 0.717) is 12.2 Å². The lowest BCUT2D eigenvalue weighted by Crippen LogP contribution is -2.37. The minimum absolute atomic E-state index is 0.105. The van der Waals surface area contributed by atoms with Crippen molar-refractivity contribution in [3.05, 3.63) is 29.8 Å². The molecule has 1 aromatic carbocycles. The molecule has 5 heteroatoms. The minimum atomic E-state index is -0.624. The van der Waals surface area contributed by atoms with Crippen LogP contribution in [-0.4, -0.2) is 43.9 Å². The van der Waals surface area contributed by atoms with Crippen molar-refractivity contribution in [2.45, 2.75) is 32.6 Å². The van der Waals surface area contributed by atoms with E-state index in [-0.39, 0.29) is 5.41 Å². The number of carbonyl (C=O) groups excluding carboxylic acids is 2. The van der Waals surface area contributed by atoms with Crippen LogP contribution in [-0.2, 0) is 15.0 Å². The highest BCUT2D eigenvalue weighted by molar-refractivity contribution is 6.39. The highest BCUT2D eigenvalue weighted by Crippen LogP contribution is 2.29. The van der Waals surface area contributed by atoms with Crippen molar-refractivity contribution in [3.63, 3.8) is 0 Å². The molecular weight excluding hydrogens is 278 g/mol. The molecule has 0 aliphatic carbocycles. The molecule has 1 rings (SSSR count). The van der Waals surface area contributed by atoms with E-state index in [4.69, 9.17) is 0 Å². The molecule has 2 N–H and O–H groups in total. The number of anilines is 1. The van der Waals surface area contributed by atoms with Crippen LogP contribution in [0.4, 0.5) is 5.69 Å². The number of nitrogens with one attached hydrogen (secondary N) is 2. The van der Waals surface area contributed by atoms with E-state index in [1.54, 1.807) is 0 Å². The summed E-state index contributed by atoms with van der Waals surface area (Å²) in [6.07, 6.45) is 0.810. The molecule has 0 radical (unpaired) electrons. The predicted octanol–water partition coefficient (Wildman–Crippen LogP) is 1.99. The zero-order chi connectivity index (χ0) is 16.8. The fraction of sp³-hybridized carbons (Fsp3) is 0.529. The van der Waals surface area contributed by atoms with Gasteiger partial charge in [-0.15, -0.1) is 0 Å². The Labute approximate surface area is 133 Å². The molecule has 0 heterocycles. The van der Waals surface area contributed by atoms with Crippen LogP contribution in [0, 0.1) is 0 Å². The maximum Gasteiger partial charge on any atom is 0.313 e. The molecule has 0 aromatic heterocycles. The van der Waals surface area contributed by atoms with Gasteiger partial charge in [-0.3, -0.25) is 9.59 Å². The molecule has 0 aliphatic heterocycles. The molecule has 0 aliphatic rings. The van der Waals surface area contributed by atoms with E-state index >= 15 is 0 Å². The first kappa shape index (κ1) is 18.2. The molecule has 0 saturated carbocycles. The number of hydrogen-bond acceptors (Lipinski definition) is 3. The molecule has 0 bridgehead atoms. The van der Waals surface area contributed by atoms with Crippen LogP contribution in [0.5, 0.6) is 0 Å². The Morgan fingerprint density at radius 2 is 1.73 bits per heavy atom. The maximum absolute atomic E-state index is 12.0. The van der Waals surface area contributed by atoms with Crippen LogP contribution in [0.15, 0.2) is 24.3 Å². The van der Waals surface area contributed by atoms with Crippen LogP contribution in [0.25, 0.3) is 0 Å². The Bertz CT molecular complexity index is 519. The smallest absolute Gasteiger partial charge is 0.313 e. The van der Waals surface area contributed by atoms with Crippen LogP contribution in [0.3, 0.4) is 0 Å². The summed E-state index contributed by atoms with van der Waals surface area (Å²) in [6.45, 7) is 7.57. The lowest BCUT2D eigenvalue weighted by molar-refractivity contribution is -0.136. The fourth-order valence-corrected chi connectivity index (χ4v) is 2.10. The second-order valence-corrected chi connectivity index (χ2v) is 6.66. The van der Waals surface area contributed by atoms with Gasteiger partial charge in [0.1, 0.15) is 0 Å². The molecule has 0 fully saturated rings. The highest BCUT2D eigenvalue weighted by Gasteiger charge is 2.20. The van der Waals surface area contributed by atoms with Gasteiger partial charge in [-0.05, 0) is 44.1 Å². The number of para-hydroxylation sites is 1. The van der Waals surface area contributed by atoms with E-state index < -0.39 is 11.8 Å². The number of nitrogens with zero attached hydrogens (tertiary/aromatic N) is 1. The summed E-state index contributed by atoms with van der Waals surface area (Å²) < 4.78 is 0. The molecule has 5 nitrogen and oxygen atoms in total. The lowest BCUT2D eigenvalue weighted by atomic mass is 9.86. The van der Waals surface area contributed by atoms with E-state index in [2.05, 4.69) is 31.4 Å². The third kappa shape index (κ3) is 5.85. The van der Waals surface area contributed by atoms with Crippen LogP contribution in [0.1, 0.15) is 32.8 Å². The van der Waals surface area contributed by atoms with Crippen molar-refractivity contribution in [3.8, 4) is 0 Å². The van der Waals surface area contributed by atoms with Gasteiger partial charge in [-0.1, -0.05) is 39.0 Å². The van der Waals surface area contributed by atoms with Crippen molar-refractivity contribution in [2.75, 3.05) is 32.5 Å². The molecule has 0 spiro atoms. The SMILES string of the molecule is CN(C)CCCNC(=O)C(=O)Nc1ccccc1C(C)(C)C. The average Bonchev–Trinajstić information content (AvgIpc) is 2.42. The molecule has 2 amide bonds. The van der Waals surface area contributed by atoms with Crippen molar-refractivity contribution in [1.29, 1.82) is 0 Å². The summed E-state index contributed by atoms with van der Waals surface area (Å²) in [7, 11) is 3.94. The van der Waals surface area contributed by atoms with Crippen molar-refractivity contribution >= 4 is 17.5 Å². The number of amides is 2. The van der Waals surface area contributed by atoms with Gasteiger partial charge in [0.15, 0.2) is 0 Å². The van der Waals surface area contributed by atoms with Gasteiger partial charge >= 0.3 is 11.8 Å². The molecule has 0 saturated heterocycles. The monoisotopic (exact) mass is 305 g/mol. The summed E-state index contributed by atoms with van der Waals surface area (Å²) in [6, 6.07) is 7.56. The number of carbonyl (C=O) groups is 2. The highest BCUT2D eigenvalue weighted by atomic mass is 16.2. The van der Waals surface area contributed by atoms with Gasteiger partial charge in [0.25, 0.3) is 0 Å². The molecule has 122 valence electrons. The minimum Gasteiger partial charge on any atom is -0.348 e. The fourth-order valence-electron chi connectivity index (χ4n) is 2.10. The Morgan fingerprint density at radius 3 is 2.32 bits per heavy atom. The van der Waals surface area contributed by atoms with Gasteiger partial charge in [0, 0.05) is 12.2 Å². The topological polar surface area (TPSA) is 61.4 Å². The van der Waals surface area contributed by atoms with E-state index in [0.717, 1.165) is 18.5 Å². The number of hydrogen-bond donors (Lipinski definition) is 2. The first-order valence-electron chi connectivity index (χ1n) is 7.55. The van der Waals surface area contributed by atoms with Crippen molar-refractivity contribution in [2.24, 2.45) is 0 Å². The Morgan fingerprint density at radius 1 is 1.09 bits per heavy atom. The number of benzene rings is 1. The summed E-state index contributed by atoms with van der Waals surface area (Å²) in [5.74, 6) is -1.22. The Balaban J connectivity index is 2.60. The standard InChI is InChI=1S/C17H27N3O2/c1-17(2,3)13-9-6-7-10-14(13)19-16(22)15(21)18-11-8-12-20(4)5/h6-7,9-10H,8,11-12H2,1-5H3,(H,18,21)(H,19,22). The van der Waals surface area contributed by atoms with E-state index in [1.807, 2.05) is 43.3 Å². The van der Waals surface area contributed by atoms with Gasteiger partial charge in [-0.2, -0.15) is 0 Å². The molecular formula is C17H27N3O2. The summed E-state index contributed by atoms with van der Waals surface area (Å²) in [5.41, 5.74) is 1.58. The molecule has 22 heavy (non-hydrogen) atoms. The third-order valence-corrected chi connectivity index (χ3v) is 3.26. The summed E-state index contributed by atoms with van der Waals surface area (Å²) >= 11 is 0. The van der Waals surface area contributed by atoms with Gasteiger partial charge < -0.3 is 15.5 Å². The van der Waals surface area contributed by atoms with Crippen LogP contribution in [0.2, 0.25) is 0 Å². The van der Waals surface area contributed by atoms with E-state index in [1.165, 1.54) is 0 Å². The van der Waals surface area contributed by atoms with Crippen LogP contribution < -0.4 is 10.6 Å². The largest absolute Gasteiger partial charge is 0.348 e. The van der Waals surface area contributed by atoms with Gasteiger partial charge in [0.2, 0.25) is 0 Å². The summed E-state index contributed by atoms with van der Waals surface area (Å²) in [4.78, 5) is 25.8. The molecule has 1 aromatic rings. The first-order valence-corrected chi connectivity index (χ1v) is 7.55. The normalized spacial score (nSPS) is 11.4. The average molecular weight is 305 g/mol. The maximum atomic E-state index is 12.0. The van der Waals surface area contributed by atoms with Gasteiger partial charge in [-0.25, -0.2) is 0 Å². The quantitative estimate of drug-likeness (QED) is 0.646. The number of rotatable bonds is 5. The summed E-state index contributed by atoms with van der Waals surface area (Å²) in [5, 5.41) is 5.34. The Hall–Kier alpha value is -1.88. The second-order valence-electron chi connectivity index (χ2n) is 6.66. The zero-order valence-electron chi connectivity index (χ0n) is 14.2. The zero-order valence-corrected chi connectivity index (χ0v) is 14.2. The molecule has 0 atom stereocenters. The first-order chi connectivity index (χ1) is 10.2. The van der Waals surface area contributed by atoms with Gasteiger partial charge in [0.05, 0.1) is 0 Å². The van der Waals surface area contributed by atoms with Crippen molar-refractivity contribution < 1.29 is 9.59 Å². The Kier molecular flexibility index (Phi) is 6.56. The third-order valence-electron chi connectivity index (χ3n) is 3.26. The molecule has 0 unspecified atom stereocenters.